The van der Waals surface area contributed by atoms with Crippen LogP contribution in [-0.2, 0) is 10.0 Å². The first-order chi connectivity index (χ1) is 9.90. The first-order valence-electron chi connectivity index (χ1n) is 7.38. The van der Waals surface area contributed by atoms with E-state index in [9.17, 15) is 8.42 Å². The average Bonchev–Trinajstić information content (AvgIpc) is 2.44. The molecule has 0 aromatic heterocycles. The lowest BCUT2D eigenvalue weighted by Crippen LogP contribution is -2.31. The van der Waals surface area contributed by atoms with E-state index in [0.29, 0.717) is 18.0 Å². The molecule has 0 spiro atoms. The highest BCUT2D eigenvalue weighted by Crippen LogP contribution is 2.20. The van der Waals surface area contributed by atoms with Crippen LogP contribution < -0.4 is 10.0 Å². The molecule has 0 radical (unpaired) electrons. The molecule has 120 valence electrons. The fourth-order valence-corrected chi connectivity index (χ4v) is 3.21. The summed E-state index contributed by atoms with van der Waals surface area (Å²) >= 11 is 0. The minimum absolute atomic E-state index is 0.187. The van der Waals surface area contributed by atoms with Crippen LogP contribution in [0.2, 0.25) is 0 Å². The van der Waals surface area contributed by atoms with Crippen molar-refractivity contribution >= 4 is 10.0 Å². The molecule has 0 aliphatic carbocycles. The van der Waals surface area contributed by atoms with Crippen molar-refractivity contribution in [1.82, 2.24) is 14.9 Å². The predicted molar refractivity (Wildman–Crippen MR) is 86.9 cm³/mol. The monoisotopic (exact) mass is 313 g/mol. The van der Waals surface area contributed by atoms with Crippen molar-refractivity contribution in [2.75, 3.05) is 33.7 Å². The van der Waals surface area contributed by atoms with E-state index in [2.05, 4.69) is 17.0 Å². The molecule has 0 bridgehead atoms. The summed E-state index contributed by atoms with van der Waals surface area (Å²) in [5, 5.41) is 3.36. The van der Waals surface area contributed by atoms with Crippen molar-refractivity contribution in [3.63, 3.8) is 0 Å². The summed E-state index contributed by atoms with van der Waals surface area (Å²) in [5.41, 5.74) is 1.01. The van der Waals surface area contributed by atoms with Gasteiger partial charge in [0.25, 0.3) is 0 Å². The number of nitrogens with one attached hydrogen (secondary N) is 2. The van der Waals surface area contributed by atoms with Gasteiger partial charge in [0.15, 0.2) is 0 Å². The third-order valence-electron chi connectivity index (χ3n) is 3.28. The number of benzene rings is 1. The average molecular weight is 313 g/mol. The third kappa shape index (κ3) is 5.74. The summed E-state index contributed by atoms with van der Waals surface area (Å²) in [5.74, 6) is 0. The Morgan fingerprint density at radius 3 is 2.52 bits per heavy atom. The van der Waals surface area contributed by atoms with E-state index in [4.69, 9.17) is 0 Å². The molecule has 0 amide bonds. The Labute approximate surface area is 128 Å². The minimum Gasteiger partial charge on any atom is -0.310 e. The molecule has 1 aromatic rings. The van der Waals surface area contributed by atoms with E-state index >= 15 is 0 Å². The van der Waals surface area contributed by atoms with E-state index in [1.807, 2.05) is 32.0 Å². The maximum Gasteiger partial charge on any atom is 0.240 e. The van der Waals surface area contributed by atoms with Gasteiger partial charge >= 0.3 is 0 Å². The van der Waals surface area contributed by atoms with E-state index in [1.54, 1.807) is 18.2 Å². The maximum atomic E-state index is 12.3. The summed E-state index contributed by atoms with van der Waals surface area (Å²) in [4.78, 5) is 2.27. The van der Waals surface area contributed by atoms with Crippen LogP contribution in [0.3, 0.4) is 0 Å². The lowest BCUT2D eigenvalue weighted by molar-refractivity contribution is 0.412. The second kappa shape index (κ2) is 8.48. The standard InChI is InChI=1S/C15H27N3O2S/c1-5-15(16-6-2)13-8-7-9-14(12-13)21(19,20)17-10-11-18(3)4/h7-9,12,15-17H,5-6,10-11H2,1-4H3. The summed E-state index contributed by atoms with van der Waals surface area (Å²) in [6, 6.07) is 7.35. The van der Waals surface area contributed by atoms with E-state index in [-0.39, 0.29) is 6.04 Å². The largest absolute Gasteiger partial charge is 0.310 e. The molecular formula is C15H27N3O2S. The van der Waals surface area contributed by atoms with Crippen LogP contribution in [0, 0.1) is 0 Å². The molecule has 1 atom stereocenters. The Kier molecular flexibility index (Phi) is 7.31. The van der Waals surface area contributed by atoms with Gasteiger partial charge in [-0.25, -0.2) is 13.1 Å². The highest BCUT2D eigenvalue weighted by Gasteiger charge is 2.16. The summed E-state index contributed by atoms with van der Waals surface area (Å²) in [7, 11) is 0.388. The highest BCUT2D eigenvalue weighted by molar-refractivity contribution is 7.89. The zero-order valence-electron chi connectivity index (χ0n) is 13.4. The molecule has 0 aliphatic rings. The second-order valence-electron chi connectivity index (χ2n) is 5.29. The van der Waals surface area contributed by atoms with Gasteiger partial charge in [0.05, 0.1) is 4.90 Å². The van der Waals surface area contributed by atoms with Crippen molar-refractivity contribution in [1.29, 1.82) is 0 Å². The SMILES string of the molecule is CCNC(CC)c1cccc(S(=O)(=O)NCCN(C)C)c1. The highest BCUT2D eigenvalue weighted by atomic mass is 32.2. The molecule has 0 fully saturated rings. The van der Waals surface area contributed by atoms with Crippen molar-refractivity contribution in [3.05, 3.63) is 29.8 Å². The van der Waals surface area contributed by atoms with Crippen molar-refractivity contribution in [3.8, 4) is 0 Å². The molecule has 0 saturated heterocycles. The van der Waals surface area contributed by atoms with Crippen molar-refractivity contribution in [2.45, 2.75) is 31.2 Å². The molecule has 0 heterocycles. The van der Waals surface area contributed by atoms with Gasteiger partial charge in [-0.05, 0) is 44.8 Å². The lowest BCUT2D eigenvalue weighted by atomic mass is 10.0. The molecule has 1 aromatic carbocycles. The van der Waals surface area contributed by atoms with Gasteiger partial charge in [0, 0.05) is 19.1 Å². The fourth-order valence-electron chi connectivity index (χ4n) is 2.13. The quantitative estimate of drug-likeness (QED) is 0.727. The van der Waals surface area contributed by atoms with Gasteiger partial charge in [-0.2, -0.15) is 0 Å². The second-order valence-corrected chi connectivity index (χ2v) is 7.06. The molecule has 21 heavy (non-hydrogen) atoms. The maximum absolute atomic E-state index is 12.3. The molecule has 0 saturated carbocycles. The summed E-state index contributed by atoms with van der Waals surface area (Å²) < 4.78 is 27.2. The lowest BCUT2D eigenvalue weighted by Gasteiger charge is -2.17. The predicted octanol–water partition coefficient (Wildman–Crippen LogP) is 1.59. The number of hydrogen-bond acceptors (Lipinski definition) is 4. The van der Waals surface area contributed by atoms with Crippen LogP contribution in [0.15, 0.2) is 29.2 Å². The first-order valence-corrected chi connectivity index (χ1v) is 8.86. The minimum atomic E-state index is -3.44. The Hall–Kier alpha value is -0.950. The van der Waals surface area contributed by atoms with E-state index in [1.165, 1.54) is 0 Å². The van der Waals surface area contributed by atoms with Crippen LogP contribution in [0.1, 0.15) is 31.9 Å². The number of likely N-dealkylation sites (N-methyl/N-ethyl adjacent to an activating group) is 1. The summed E-state index contributed by atoms with van der Waals surface area (Å²) in [6.07, 6.45) is 0.922. The molecule has 2 N–H and O–H groups in total. The molecule has 0 aliphatic heterocycles. The van der Waals surface area contributed by atoms with Crippen LogP contribution in [0.5, 0.6) is 0 Å². The Morgan fingerprint density at radius 2 is 1.95 bits per heavy atom. The topological polar surface area (TPSA) is 61.4 Å². The Morgan fingerprint density at radius 1 is 1.24 bits per heavy atom. The van der Waals surface area contributed by atoms with Gasteiger partial charge in [0.1, 0.15) is 0 Å². The van der Waals surface area contributed by atoms with E-state index in [0.717, 1.165) is 18.5 Å². The molecular weight excluding hydrogens is 286 g/mol. The third-order valence-corrected chi connectivity index (χ3v) is 4.74. The van der Waals surface area contributed by atoms with Crippen molar-refractivity contribution in [2.24, 2.45) is 0 Å². The molecule has 5 nitrogen and oxygen atoms in total. The first kappa shape index (κ1) is 18.1. The number of nitrogens with zero attached hydrogens (tertiary/aromatic N) is 1. The van der Waals surface area contributed by atoms with Gasteiger partial charge in [-0.15, -0.1) is 0 Å². The molecule has 1 unspecified atom stereocenters. The van der Waals surface area contributed by atoms with Gasteiger partial charge in [-0.1, -0.05) is 26.0 Å². The van der Waals surface area contributed by atoms with E-state index < -0.39 is 10.0 Å². The summed E-state index contributed by atoms with van der Waals surface area (Å²) in [6.45, 7) is 6.07. The molecule has 1 rings (SSSR count). The smallest absolute Gasteiger partial charge is 0.240 e. The number of rotatable bonds is 9. The van der Waals surface area contributed by atoms with Gasteiger partial charge < -0.3 is 10.2 Å². The van der Waals surface area contributed by atoms with Crippen LogP contribution >= 0.6 is 0 Å². The van der Waals surface area contributed by atoms with Gasteiger partial charge in [0.2, 0.25) is 10.0 Å². The number of hydrogen-bond donors (Lipinski definition) is 2. The van der Waals surface area contributed by atoms with Crippen LogP contribution in [-0.4, -0.2) is 47.0 Å². The van der Waals surface area contributed by atoms with Gasteiger partial charge in [-0.3, -0.25) is 0 Å². The fraction of sp³-hybridized carbons (Fsp3) is 0.600. The zero-order valence-corrected chi connectivity index (χ0v) is 14.2. The zero-order chi connectivity index (χ0) is 15.9. The van der Waals surface area contributed by atoms with Crippen LogP contribution in [0.4, 0.5) is 0 Å². The normalized spacial score (nSPS) is 13.6. The van der Waals surface area contributed by atoms with Crippen molar-refractivity contribution < 1.29 is 8.42 Å². The number of sulfonamides is 1. The van der Waals surface area contributed by atoms with Crippen LogP contribution in [0.25, 0.3) is 0 Å². The Bertz CT molecular complexity index is 529. The molecule has 6 heteroatoms. The Balaban J connectivity index is 2.87.